The molecule has 0 amide bonds. The highest BCUT2D eigenvalue weighted by atomic mass is 35.5. The number of benzene rings is 1. The Kier molecular flexibility index (Phi) is 2.65. The van der Waals surface area contributed by atoms with Crippen molar-refractivity contribution >= 4 is 22.5 Å². The first-order valence-corrected chi connectivity index (χ1v) is 5.00. The number of aliphatic hydroxyl groups excluding tert-OH is 1. The minimum atomic E-state index is -0.370. The summed E-state index contributed by atoms with van der Waals surface area (Å²) in [5, 5.41) is 14.4. The minimum absolute atomic E-state index is 0.0800. The Labute approximate surface area is 92.3 Å². The van der Waals surface area contributed by atoms with E-state index in [1.54, 1.807) is 4.68 Å². The zero-order valence-electron chi connectivity index (χ0n) is 8.31. The van der Waals surface area contributed by atoms with Crippen molar-refractivity contribution in [1.29, 1.82) is 0 Å². The average molecular weight is 226 g/mol. The average Bonchev–Trinajstić information content (AvgIpc) is 2.53. The molecular formula is C10H12ClN3O. The van der Waals surface area contributed by atoms with E-state index in [1.165, 1.54) is 0 Å². The van der Waals surface area contributed by atoms with Crippen LogP contribution in [0.3, 0.4) is 0 Å². The molecule has 0 aliphatic rings. The van der Waals surface area contributed by atoms with Crippen LogP contribution in [0.4, 0.5) is 0 Å². The molecule has 0 saturated carbocycles. The summed E-state index contributed by atoms with van der Waals surface area (Å²) in [7, 11) is 1.83. The van der Waals surface area contributed by atoms with Crippen molar-refractivity contribution in [1.82, 2.24) is 9.78 Å². The number of aryl methyl sites for hydroxylation is 1. The molecule has 0 spiro atoms. The molecule has 0 saturated heterocycles. The van der Waals surface area contributed by atoms with Crippen LogP contribution in [0.5, 0.6) is 0 Å². The van der Waals surface area contributed by atoms with Crippen molar-refractivity contribution in [3.05, 3.63) is 28.9 Å². The number of aliphatic hydroxyl groups is 1. The van der Waals surface area contributed by atoms with E-state index in [-0.39, 0.29) is 12.6 Å². The maximum Gasteiger partial charge on any atom is 0.158 e. The SMILES string of the molecule is Cn1nc(Cl)c2cc(C(N)CO)ccc21. The van der Waals surface area contributed by atoms with Gasteiger partial charge in [-0.05, 0) is 17.7 Å². The molecule has 80 valence electrons. The summed E-state index contributed by atoms with van der Waals surface area (Å²) >= 11 is 5.96. The van der Waals surface area contributed by atoms with Crippen LogP contribution in [0.2, 0.25) is 5.15 Å². The van der Waals surface area contributed by atoms with Gasteiger partial charge in [-0.15, -0.1) is 0 Å². The van der Waals surface area contributed by atoms with E-state index in [1.807, 2.05) is 25.2 Å². The first-order valence-electron chi connectivity index (χ1n) is 4.62. The number of nitrogens with two attached hydrogens (primary N) is 1. The summed E-state index contributed by atoms with van der Waals surface area (Å²) in [6.45, 7) is -0.0800. The van der Waals surface area contributed by atoms with Gasteiger partial charge >= 0.3 is 0 Å². The standard InChI is InChI=1S/C10H12ClN3O/c1-14-9-3-2-6(8(12)5-15)4-7(9)10(11)13-14/h2-4,8,15H,5,12H2,1H3. The number of nitrogens with zero attached hydrogens (tertiary/aromatic N) is 2. The van der Waals surface area contributed by atoms with Crippen molar-refractivity contribution < 1.29 is 5.11 Å². The van der Waals surface area contributed by atoms with Crippen molar-refractivity contribution in [3.63, 3.8) is 0 Å². The van der Waals surface area contributed by atoms with E-state index in [2.05, 4.69) is 5.10 Å². The maximum absolute atomic E-state index is 8.96. The highest BCUT2D eigenvalue weighted by Crippen LogP contribution is 2.25. The third kappa shape index (κ3) is 1.71. The van der Waals surface area contributed by atoms with Gasteiger partial charge in [-0.1, -0.05) is 17.7 Å². The molecule has 1 aromatic heterocycles. The summed E-state index contributed by atoms with van der Waals surface area (Å²) in [6, 6.07) is 5.27. The maximum atomic E-state index is 8.96. The van der Waals surface area contributed by atoms with Crippen LogP contribution in [-0.4, -0.2) is 21.5 Å². The van der Waals surface area contributed by atoms with Crippen molar-refractivity contribution in [2.45, 2.75) is 6.04 Å². The van der Waals surface area contributed by atoms with Gasteiger partial charge in [0, 0.05) is 12.4 Å². The molecule has 0 radical (unpaired) electrons. The monoisotopic (exact) mass is 225 g/mol. The van der Waals surface area contributed by atoms with E-state index in [0.29, 0.717) is 5.15 Å². The number of hydrogen-bond donors (Lipinski definition) is 2. The van der Waals surface area contributed by atoms with Crippen molar-refractivity contribution in [2.24, 2.45) is 12.8 Å². The third-order valence-corrected chi connectivity index (χ3v) is 2.73. The molecule has 0 fully saturated rings. The molecule has 5 heteroatoms. The van der Waals surface area contributed by atoms with Crippen LogP contribution in [0.25, 0.3) is 10.9 Å². The second-order valence-electron chi connectivity index (χ2n) is 3.48. The minimum Gasteiger partial charge on any atom is -0.394 e. The molecule has 2 rings (SSSR count). The van der Waals surface area contributed by atoms with Gasteiger partial charge in [0.25, 0.3) is 0 Å². The Bertz CT molecular complexity index is 495. The lowest BCUT2D eigenvalue weighted by Crippen LogP contribution is -2.14. The zero-order valence-corrected chi connectivity index (χ0v) is 9.07. The van der Waals surface area contributed by atoms with E-state index < -0.39 is 0 Å². The summed E-state index contributed by atoms with van der Waals surface area (Å²) < 4.78 is 1.71. The highest BCUT2D eigenvalue weighted by molar-refractivity contribution is 6.34. The van der Waals surface area contributed by atoms with Gasteiger partial charge in [0.1, 0.15) is 0 Å². The highest BCUT2D eigenvalue weighted by Gasteiger charge is 2.10. The van der Waals surface area contributed by atoms with Crippen molar-refractivity contribution in [3.8, 4) is 0 Å². The fourth-order valence-corrected chi connectivity index (χ4v) is 1.84. The van der Waals surface area contributed by atoms with Gasteiger partial charge in [-0.2, -0.15) is 5.10 Å². The lowest BCUT2D eigenvalue weighted by molar-refractivity contribution is 0.268. The predicted molar refractivity (Wildman–Crippen MR) is 59.7 cm³/mol. The fraction of sp³-hybridized carbons (Fsp3) is 0.300. The molecule has 0 aliphatic heterocycles. The van der Waals surface area contributed by atoms with Crippen LogP contribution in [0.15, 0.2) is 18.2 Å². The molecule has 0 aliphatic carbocycles. The summed E-state index contributed by atoms with van der Waals surface area (Å²) in [6.07, 6.45) is 0. The molecule has 15 heavy (non-hydrogen) atoms. The number of aromatic nitrogens is 2. The topological polar surface area (TPSA) is 64.1 Å². The summed E-state index contributed by atoms with van der Waals surface area (Å²) in [5.74, 6) is 0. The molecule has 1 aromatic carbocycles. The smallest absolute Gasteiger partial charge is 0.158 e. The molecular weight excluding hydrogens is 214 g/mol. The van der Waals surface area contributed by atoms with Gasteiger partial charge in [0.2, 0.25) is 0 Å². The molecule has 2 aromatic rings. The fourth-order valence-electron chi connectivity index (χ4n) is 1.58. The van der Waals surface area contributed by atoms with Crippen LogP contribution < -0.4 is 5.73 Å². The van der Waals surface area contributed by atoms with Gasteiger partial charge in [0.15, 0.2) is 5.15 Å². The lowest BCUT2D eigenvalue weighted by atomic mass is 10.1. The van der Waals surface area contributed by atoms with Crippen LogP contribution in [-0.2, 0) is 7.05 Å². The Morgan fingerprint density at radius 2 is 2.33 bits per heavy atom. The van der Waals surface area contributed by atoms with E-state index in [4.69, 9.17) is 22.4 Å². The third-order valence-electron chi connectivity index (χ3n) is 2.45. The number of hydrogen-bond acceptors (Lipinski definition) is 3. The van der Waals surface area contributed by atoms with E-state index in [0.717, 1.165) is 16.5 Å². The largest absolute Gasteiger partial charge is 0.394 e. The second-order valence-corrected chi connectivity index (χ2v) is 3.84. The first kappa shape index (κ1) is 10.4. The van der Waals surface area contributed by atoms with Crippen LogP contribution in [0.1, 0.15) is 11.6 Å². The van der Waals surface area contributed by atoms with Crippen molar-refractivity contribution in [2.75, 3.05) is 6.61 Å². The molecule has 1 unspecified atom stereocenters. The van der Waals surface area contributed by atoms with Crippen LogP contribution >= 0.6 is 11.6 Å². The Morgan fingerprint density at radius 3 is 3.00 bits per heavy atom. The Hall–Kier alpha value is -1.10. The molecule has 4 nitrogen and oxygen atoms in total. The molecule has 3 N–H and O–H groups in total. The van der Waals surface area contributed by atoms with E-state index in [9.17, 15) is 0 Å². The lowest BCUT2D eigenvalue weighted by Gasteiger charge is -2.08. The number of rotatable bonds is 2. The Morgan fingerprint density at radius 1 is 1.60 bits per heavy atom. The van der Waals surface area contributed by atoms with Gasteiger partial charge in [-0.3, -0.25) is 4.68 Å². The molecule has 1 atom stereocenters. The van der Waals surface area contributed by atoms with Crippen LogP contribution in [0, 0.1) is 0 Å². The quantitative estimate of drug-likeness (QED) is 0.808. The van der Waals surface area contributed by atoms with Gasteiger partial charge < -0.3 is 10.8 Å². The molecule has 1 heterocycles. The zero-order chi connectivity index (χ0) is 11.0. The second kappa shape index (κ2) is 3.81. The number of halogens is 1. The van der Waals surface area contributed by atoms with E-state index >= 15 is 0 Å². The summed E-state index contributed by atoms with van der Waals surface area (Å²) in [5.41, 5.74) is 7.54. The van der Waals surface area contributed by atoms with Gasteiger partial charge in [0.05, 0.1) is 18.2 Å². The predicted octanol–water partition coefficient (Wildman–Crippen LogP) is 1.22. The Balaban J connectivity index is 2.60. The number of fused-ring (bicyclic) bond motifs is 1. The van der Waals surface area contributed by atoms with Gasteiger partial charge in [-0.25, -0.2) is 0 Å². The first-order chi connectivity index (χ1) is 7.13. The molecule has 0 bridgehead atoms. The summed E-state index contributed by atoms with van der Waals surface area (Å²) in [4.78, 5) is 0. The normalized spacial score (nSPS) is 13.3.